The summed E-state index contributed by atoms with van der Waals surface area (Å²) in [4.78, 5) is 14.0. The molecule has 4 aromatic carbocycles. The lowest BCUT2D eigenvalue weighted by molar-refractivity contribution is -0.293. The first-order valence-electron chi connectivity index (χ1n) is 19.3. The van der Waals surface area contributed by atoms with Gasteiger partial charge in [0.2, 0.25) is 5.91 Å². The van der Waals surface area contributed by atoms with Crippen LogP contribution in [-0.2, 0) is 64.4 Å². The fourth-order valence-corrected chi connectivity index (χ4v) is 6.58. The number of rotatable bonds is 19. The molecule has 10 heteroatoms. The minimum atomic E-state index is -0.883. The van der Waals surface area contributed by atoms with Gasteiger partial charge in [0.15, 0.2) is 12.6 Å². The van der Waals surface area contributed by atoms with Gasteiger partial charge in [-0.2, -0.15) is 0 Å². The van der Waals surface area contributed by atoms with E-state index in [1.54, 1.807) is 0 Å². The quantitative estimate of drug-likeness (QED) is 0.110. The van der Waals surface area contributed by atoms with Crippen LogP contribution in [0.1, 0.15) is 49.4 Å². The lowest BCUT2D eigenvalue weighted by Crippen LogP contribution is -2.67. The molecule has 4 aromatic rings. The summed E-state index contributed by atoms with van der Waals surface area (Å²) in [7, 11) is 0. The van der Waals surface area contributed by atoms with E-state index >= 15 is 0 Å². The average molecular weight is 753 g/mol. The second-order valence-electron chi connectivity index (χ2n) is 15.1. The van der Waals surface area contributed by atoms with Crippen LogP contribution < -0.4 is 10.6 Å². The number of carbonyl (C=O) groups is 1. The molecule has 1 amide bonds. The third-order valence-electron chi connectivity index (χ3n) is 9.72. The number of benzene rings is 4. The van der Waals surface area contributed by atoms with Gasteiger partial charge in [-0.1, -0.05) is 135 Å². The van der Waals surface area contributed by atoms with Crippen LogP contribution in [0.4, 0.5) is 0 Å². The SMILES string of the molecule is C[C@H](NCCC1OCC(C)(C)CO1)C(=O)N[C@H]1[C@@H](OCc2ccccc2)O[C@H](COCc2ccccc2)[C@@H](OCc2ccccc2)[C@@H]1OCc1ccccc1. The van der Waals surface area contributed by atoms with Crippen LogP contribution in [0.5, 0.6) is 0 Å². The smallest absolute Gasteiger partial charge is 0.237 e. The molecule has 0 spiro atoms. The molecule has 6 rings (SSSR count). The summed E-state index contributed by atoms with van der Waals surface area (Å²) in [5, 5.41) is 6.61. The highest BCUT2D eigenvalue weighted by molar-refractivity contribution is 5.81. The van der Waals surface area contributed by atoms with E-state index in [-0.39, 0.29) is 37.4 Å². The minimum Gasteiger partial charge on any atom is -0.374 e. The normalized spacial score (nSPS) is 23.2. The molecule has 0 unspecified atom stereocenters. The van der Waals surface area contributed by atoms with E-state index < -0.39 is 36.7 Å². The zero-order valence-corrected chi connectivity index (χ0v) is 32.2. The van der Waals surface area contributed by atoms with Crippen LogP contribution in [-0.4, -0.2) is 75.2 Å². The first kappa shape index (κ1) is 40.7. The molecule has 2 fully saturated rings. The molecule has 10 nitrogen and oxygen atoms in total. The van der Waals surface area contributed by atoms with Crippen molar-refractivity contribution >= 4 is 5.91 Å². The predicted octanol–water partition coefficient (Wildman–Crippen LogP) is 6.57. The molecule has 2 N–H and O–H groups in total. The second kappa shape index (κ2) is 20.8. The molecule has 2 heterocycles. The van der Waals surface area contributed by atoms with Crippen molar-refractivity contribution in [2.24, 2.45) is 5.41 Å². The predicted molar refractivity (Wildman–Crippen MR) is 210 cm³/mol. The number of hydrogen-bond donors (Lipinski definition) is 2. The highest BCUT2D eigenvalue weighted by Crippen LogP contribution is 2.30. The molecular formula is C45H56N2O8. The van der Waals surface area contributed by atoms with Gasteiger partial charge >= 0.3 is 0 Å². The van der Waals surface area contributed by atoms with Crippen LogP contribution in [0.2, 0.25) is 0 Å². The monoisotopic (exact) mass is 752 g/mol. The summed E-state index contributed by atoms with van der Waals surface area (Å²) in [5.74, 6) is -0.220. The van der Waals surface area contributed by atoms with Crippen molar-refractivity contribution in [3.8, 4) is 0 Å². The van der Waals surface area contributed by atoms with E-state index in [9.17, 15) is 4.79 Å². The molecule has 2 saturated heterocycles. The maximum absolute atomic E-state index is 14.0. The van der Waals surface area contributed by atoms with Gasteiger partial charge in [0, 0.05) is 18.4 Å². The van der Waals surface area contributed by atoms with Gasteiger partial charge in [-0.15, -0.1) is 0 Å². The fourth-order valence-electron chi connectivity index (χ4n) is 6.58. The molecule has 0 aliphatic carbocycles. The first-order chi connectivity index (χ1) is 26.8. The number of carbonyl (C=O) groups excluding carboxylic acids is 1. The summed E-state index contributed by atoms with van der Waals surface area (Å²) in [6.07, 6.45) is -2.46. The largest absolute Gasteiger partial charge is 0.374 e. The molecule has 2 aliphatic heterocycles. The molecule has 0 saturated carbocycles. The van der Waals surface area contributed by atoms with E-state index in [4.69, 9.17) is 33.2 Å². The Kier molecular flexibility index (Phi) is 15.4. The molecule has 55 heavy (non-hydrogen) atoms. The summed E-state index contributed by atoms with van der Waals surface area (Å²) < 4.78 is 45.0. The molecule has 0 aromatic heterocycles. The van der Waals surface area contributed by atoms with Gasteiger partial charge in [-0.25, -0.2) is 0 Å². The van der Waals surface area contributed by atoms with Crippen molar-refractivity contribution in [1.29, 1.82) is 0 Å². The Morgan fingerprint density at radius 2 is 1.16 bits per heavy atom. The Balaban J connectivity index is 1.23. The second-order valence-corrected chi connectivity index (χ2v) is 15.1. The van der Waals surface area contributed by atoms with E-state index in [0.717, 1.165) is 22.3 Å². The van der Waals surface area contributed by atoms with Gasteiger partial charge in [0.25, 0.3) is 0 Å². The first-order valence-corrected chi connectivity index (χ1v) is 19.3. The lowest BCUT2D eigenvalue weighted by atomic mass is 9.95. The van der Waals surface area contributed by atoms with Crippen molar-refractivity contribution in [3.63, 3.8) is 0 Å². The highest BCUT2D eigenvalue weighted by Gasteiger charge is 2.49. The maximum Gasteiger partial charge on any atom is 0.237 e. The number of hydrogen-bond acceptors (Lipinski definition) is 9. The van der Waals surface area contributed by atoms with Crippen molar-refractivity contribution < 1.29 is 38.0 Å². The zero-order valence-electron chi connectivity index (χ0n) is 32.2. The molecule has 0 bridgehead atoms. The van der Waals surface area contributed by atoms with E-state index in [1.165, 1.54) is 0 Å². The third-order valence-corrected chi connectivity index (χ3v) is 9.72. The van der Waals surface area contributed by atoms with Crippen molar-refractivity contribution in [2.75, 3.05) is 26.4 Å². The highest BCUT2D eigenvalue weighted by atomic mass is 16.7. The number of nitrogens with one attached hydrogen (secondary N) is 2. The van der Waals surface area contributed by atoms with Crippen LogP contribution in [0.3, 0.4) is 0 Å². The summed E-state index contributed by atoms with van der Waals surface area (Å²) >= 11 is 0. The Labute approximate surface area is 325 Å². The molecular weight excluding hydrogens is 697 g/mol. The van der Waals surface area contributed by atoms with Crippen molar-refractivity contribution in [1.82, 2.24) is 10.6 Å². The number of ether oxygens (including phenoxy) is 7. The topological polar surface area (TPSA) is 106 Å². The van der Waals surface area contributed by atoms with Crippen molar-refractivity contribution in [3.05, 3.63) is 144 Å². The van der Waals surface area contributed by atoms with E-state index in [1.807, 2.05) is 128 Å². The lowest BCUT2D eigenvalue weighted by Gasteiger charge is -2.46. The van der Waals surface area contributed by atoms with Gasteiger partial charge in [0.1, 0.15) is 24.4 Å². The molecule has 0 radical (unpaired) electrons. The van der Waals surface area contributed by atoms with Crippen LogP contribution in [0.15, 0.2) is 121 Å². The zero-order chi connectivity index (χ0) is 38.3. The third kappa shape index (κ3) is 12.8. The minimum absolute atomic E-state index is 0.00683. The van der Waals surface area contributed by atoms with Gasteiger partial charge in [-0.3, -0.25) is 4.79 Å². The molecule has 294 valence electrons. The van der Waals surface area contributed by atoms with Gasteiger partial charge in [-0.05, 0) is 29.2 Å². The Morgan fingerprint density at radius 1 is 0.691 bits per heavy atom. The average Bonchev–Trinajstić information content (AvgIpc) is 3.21. The Bertz CT molecular complexity index is 1670. The van der Waals surface area contributed by atoms with Crippen LogP contribution in [0, 0.1) is 5.41 Å². The van der Waals surface area contributed by atoms with Gasteiger partial charge < -0.3 is 43.8 Å². The van der Waals surface area contributed by atoms with Gasteiger partial charge in [0.05, 0.1) is 52.3 Å². The fraction of sp³-hybridized carbons (Fsp3) is 0.444. The Hall–Kier alpha value is -3.97. The van der Waals surface area contributed by atoms with E-state index in [2.05, 4.69) is 24.5 Å². The van der Waals surface area contributed by atoms with Crippen LogP contribution in [0.25, 0.3) is 0 Å². The summed E-state index contributed by atoms with van der Waals surface area (Å²) in [6, 6.07) is 38.6. The van der Waals surface area contributed by atoms with Crippen molar-refractivity contribution in [2.45, 2.75) is 96.6 Å². The van der Waals surface area contributed by atoms with E-state index in [0.29, 0.717) is 39.4 Å². The standard InChI is InChI=1S/C45H56N2O8/c1-33(46-25-24-39-53-31-45(2,3)32-54-39)43(48)47-40-42(51-28-36-20-12-6-13-21-36)41(50-27-35-18-10-5-11-19-35)38(30-49-26-34-16-8-4-9-17-34)55-44(40)52-29-37-22-14-7-15-23-37/h4-23,33,38-42,44,46H,24-32H2,1-3H3,(H,47,48)/t33-,38+,40+,41+,42+,44-/m0/s1. The Morgan fingerprint density at radius 3 is 1.69 bits per heavy atom. The maximum atomic E-state index is 14.0. The summed E-state index contributed by atoms with van der Waals surface area (Å²) in [5.41, 5.74) is 4.01. The van der Waals surface area contributed by atoms with Crippen LogP contribution >= 0.6 is 0 Å². The number of amides is 1. The molecule has 2 aliphatic rings. The summed E-state index contributed by atoms with van der Waals surface area (Å²) in [6.45, 7) is 9.36. The molecule has 6 atom stereocenters.